The Bertz CT molecular complexity index is 88.7. The third-order valence-corrected chi connectivity index (χ3v) is 2.36. The van der Waals surface area contributed by atoms with Crippen LogP contribution in [0.25, 0.3) is 0 Å². The highest BCUT2D eigenvalue weighted by Gasteiger charge is 2.38. The van der Waals surface area contributed by atoms with E-state index < -0.39 is 0 Å². The summed E-state index contributed by atoms with van der Waals surface area (Å²) in [4.78, 5) is 0. The zero-order valence-electron chi connectivity index (χ0n) is 5.04. The molecule has 0 bridgehead atoms. The summed E-state index contributed by atoms with van der Waals surface area (Å²) in [5.74, 6) is 0. The Kier molecular flexibility index (Phi) is 0.866. The van der Waals surface area contributed by atoms with Crippen LogP contribution in [0.5, 0.6) is 0 Å². The van der Waals surface area contributed by atoms with E-state index in [0.717, 1.165) is 6.67 Å². The predicted molar refractivity (Wildman–Crippen MR) is 32.6 cm³/mol. The zero-order valence-corrected chi connectivity index (χ0v) is 5.04. The third kappa shape index (κ3) is 0.501. The van der Waals surface area contributed by atoms with Gasteiger partial charge >= 0.3 is 0 Å². The Morgan fingerprint density at radius 1 is 1.25 bits per heavy atom. The summed E-state index contributed by atoms with van der Waals surface area (Å²) in [5.41, 5.74) is 0.556. The maximum atomic E-state index is 3.46. The van der Waals surface area contributed by atoms with Crippen LogP contribution in [0.1, 0.15) is 19.3 Å². The average Bonchev–Trinajstić information content (AvgIpc) is 2.07. The number of hydrogen-bond acceptors (Lipinski definition) is 2. The first-order valence-corrected chi connectivity index (χ1v) is 3.37. The van der Waals surface area contributed by atoms with E-state index in [1.165, 1.54) is 25.8 Å². The summed E-state index contributed by atoms with van der Waals surface area (Å²) in [7, 11) is 0. The molecule has 2 fully saturated rings. The van der Waals surface area contributed by atoms with Gasteiger partial charge in [0.1, 0.15) is 0 Å². The number of nitrogens with one attached hydrogen (secondary N) is 2. The van der Waals surface area contributed by atoms with E-state index in [-0.39, 0.29) is 0 Å². The fourth-order valence-corrected chi connectivity index (χ4v) is 1.57. The van der Waals surface area contributed by atoms with E-state index in [4.69, 9.17) is 0 Å². The molecule has 1 saturated carbocycles. The lowest BCUT2D eigenvalue weighted by Gasteiger charge is -2.37. The Morgan fingerprint density at radius 2 is 2.12 bits per heavy atom. The van der Waals surface area contributed by atoms with Crippen molar-refractivity contribution < 1.29 is 0 Å². The zero-order chi connectivity index (χ0) is 5.45. The second-order valence-electron chi connectivity index (χ2n) is 2.91. The molecule has 1 aliphatic carbocycles. The molecule has 0 radical (unpaired) electrons. The van der Waals surface area contributed by atoms with Crippen molar-refractivity contribution in [1.29, 1.82) is 0 Å². The van der Waals surface area contributed by atoms with Crippen LogP contribution in [0.3, 0.4) is 0 Å². The molecule has 0 aromatic carbocycles. The molecule has 0 aromatic rings. The van der Waals surface area contributed by atoms with Crippen molar-refractivity contribution in [2.24, 2.45) is 0 Å². The maximum Gasteiger partial charge on any atom is 0.0459 e. The fraction of sp³-hybridized carbons (Fsp3) is 1.00. The minimum absolute atomic E-state index is 0.556. The van der Waals surface area contributed by atoms with Crippen LogP contribution >= 0.6 is 0 Å². The van der Waals surface area contributed by atoms with Gasteiger partial charge in [-0.25, -0.2) is 0 Å². The highest BCUT2D eigenvalue weighted by molar-refractivity contribution is 5.00. The van der Waals surface area contributed by atoms with Crippen LogP contribution < -0.4 is 10.6 Å². The molecule has 1 heterocycles. The maximum absolute atomic E-state index is 3.46. The Morgan fingerprint density at radius 3 is 2.38 bits per heavy atom. The normalized spacial score (nSPS) is 33.0. The number of rotatable bonds is 0. The molecule has 0 atom stereocenters. The van der Waals surface area contributed by atoms with Crippen LogP contribution in [-0.2, 0) is 0 Å². The number of hydrogen-bond donors (Lipinski definition) is 2. The van der Waals surface area contributed by atoms with Crippen LogP contribution in [0.2, 0.25) is 0 Å². The molecule has 1 aliphatic heterocycles. The van der Waals surface area contributed by atoms with Crippen LogP contribution in [0, 0.1) is 0 Å². The molecule has 0 aromatic heterocycles. The highest BCUT2D eigenvalue weighted by Crippen LogP contribution is 2.32. The van der Waals surface area contributed by atoms with Gasteiger partial charge < -0.3 is 5.32 Å². The van der Waals surface area contributed by atoms with Crippen molar-refractivity contribution in [1.82, 2.24) is 10.6 Å². The van der Waals surface area contributed by atoms with Crippen LogP contribution in [-0.4, -0.2) is 18.8 Å². The van der Waals surface area contributed by atoms with E-state index in [1.54, 1.807) is 0 Å². The van der Waals surface area contributed by atoms with E-state index >= 15 is 0 Å². The largest absolute Gasteiger partial charge is 0.303 e. The summed E-state index contributed by atoms with van der Waals surface area (Å²) in [6.45, 7) is 2.23. The Balaban J connectivity index is 2.01. The van der Waals surface area contributed by atoms with Gasteiger partial charge in [-0.2, -0.15) is 0 Å². The lowest BCUT2D eigenvalue weighted by molar-refractivity contribution is 0.233. The molecule has 46 valence electrons. The van der Waals surface area contributed by atoms with E-state index in [0.29, 0.717) is 5.54 Å². The highest BCUT2D eigenvalue weighted by atomic mass is 15.2. The van der Waals surface area contributed by atoms with Gasteiger partial charge in [-0.05, 0) is 19.3 Å². The lowest BCUT2D eigenvalue weighted by Crippen LogP contribution is -2.48. The molecule has 2 heteroatoms. The molecule has 1 spiro atoms. The minimum Gasteiger partial charge on any atom is -0.303 e. The molecule has 0 unspecified atom stereocenters. The second kappa shape index (κ2) is 1.45. The molecule has 1 saturated heterocycles. The van der Waals surface area contributed by atoms with Crippen LogP contribution in [0.15, 0.2) is 0 Å². The summed E-state index contributed by atoms with van der Waals surface area (Å²) >= 11 is 0. The second-order valence-corrected chi connectivity index (χ2v) is 2.91. The summed E-state index contributed by atoms with van der Waals surface area (Å²) < 4.78 is 0. The molecule has 8 heavy (non-hydrogen) atoms. The summed E-state index contributed by atoms with van der Waals surface area (Å²) in [6.07, 6.45) is 4.20. The quantitative estimate of drug-likeness (QED) is 0.463. The van der Waals surface area contributed by atoms with Gasteiger partial charge in [-0.3, -0.25) is 5.32 Å². The van der Waals surface area contributed by atoms with Gasteiger partial charge in [0, 0.05) is 18.8 Å². The van der Waals surface area contributed by atoms with Crippen molar-refractivity contribution in [3.05, 3.63) is 0 Å². The molecule has 2 N–H and O–H groups in total. The monoisotopic (exact) mass is 112 g/mol. The first-order valence-electron chi connectivity index (χ1n) is 3.37. The van der Waals surface area contributed by atoms with E-state index in [1.807, 2.05) is 0 Å². The Labute approximate surface area is 49.7 Å². The van der Waals surface area contributed by atoms with E-state index in [2.05, 4.69) is 10.6 Å². The van der Waals surface area contributed by atoms with Crippen molar-refractivity contribution in [2.75, 3.05) is 13.2 Å². The van der Waals surface area contributed by atoms with Gasteiger partial charge in [0.05, 0.1) is 0 Å². The predicted octanol–water partition coefficient (Wildman–Crippen LogP) is 0.0594. The minimum atomic E-state index is 0.556. The van der Waals surface area contributed by atoms with Gasteiger partial charge in [0.25, 0.3) is 0 Å². The molecule has 2 aliphatic rings. The Hall–Kier alpha value is -0.0800. The SMILES string of the molecule is C1CC2(C1)CNCN2. The van der Waals surface area contributed by atoms with Gasteiger partial charge in [0.15, 0.2) is 0 Å². The topological polar surface area (TPSA) is 24.1 Å². The van der Waals surface area contributed by atoms with E-state index in [9.17, 15) is 0 Å². The fourth-order valence-electron chi connectivity index (χ4n) is 1.57. The standard InChI is InChI=1S/C6H12N2/c1-2-6(3-1)4-7-5-8-6/h7-8H,1-5H2. The van der Waals surface area contributed by atoms with Crippen LogP contribution in [0.4, 0.5) is 0 Å². The van der Waals surface area contributed by atoms with Crippen molar-refractivity contribution in [3.63, 3.8) is 0 Å². The van der Waals surface area contributed by atoms with Crippen molar-refractivity contribution in [3.8, 4) is 0 Å². The van der Waals surface area contributed by atoms with Gasteiger partial charge in [0.2, 0.25) is 0 Å². The lowest BCUT2D eigenvalue weighted by atomic mass is 9.78. The molecular weight excluding hydrogens is 100 g/mol. The summed E-state index contributed by atoms with van der Waals surface area (Å²) in [5, 5.41) is 6.76. The average molecular weight is 112 g/mol. The third-order valence-electron chi connectivity index (χ3n) is 2.36. The first-order chi connectivity index (χ1) is 3.91. The molecule has 0 amide bonds. The van der Waals surface area contributed by atoms with Crippen molar-refractivity contribution >= 4 is 0 Å². The smallest absolute Gasteiger partial charge is 0.0459 e. The molecule has 2 rings (SSSR count). The summed E-state index contributed by atoms with van der Waals surface area (Å²) in [6, 6.07) is 0. The molecular formula is C6H12N2. The van der Waals surface area contributed by atoms with Gasteiger partial charge in [-0.1, -0.05) is 0 Å². The van der Waals surface area contributed by atoms with Gasteiger partial charge in [-0.15, -0.1) is 0 Å². The van der Waals surface area contributed by atoms with Crippen molar-refractivity contribution in [2.45, 2.75) is 24.8 Å². The molecule has 2 nitrogen and oxygen atoms in total. The first kappa shape index (κ1) is 4.77.